The highest BCUT2D eigenvalue weighted by atomic mass is 35.5. The Morgan fingerprint density at radius 3 is 1.12 bits per heavy atom. The molecule has 2 spiro atoms. The van der Waals surface area contributed by atoms with Crippen molar-refractivity contribution >= 4 is 54.6 Å². The fraction of sp³-hybridized carbons (Fsp3) is 0.366. The Hall–Kier alpha value is -8.12. The standard InChI is InChI=1S/2C41H45ClN2O7S/c2*1-4-39(45)36-16-9-31(36)25-43-26-41(37-17-10-32(42)21-30(37)19-20-51-41)27-50-40-18-15-35(22-38(40)43)52(46,47)44(23-28-5-11-33(48-2)12-6-28)24-29-7-13-34(49-3)14-8-29/h2*4-8,10-15,17-18,21-22,31,36,39,45H,1,9,16,19-20,23-27H2,2-3H3/t31-,36+,39+,41+;31-,36+,39-,41+/m00/s1. The summed E-state index contributed by atoms with van der Waals surface area (Å²) in [6.45, 7) is 11.8. The summed E-state index contributed by atoms with van der Waals surface area (Å²) in [4.78, 5) is 4.72. The largest absolute Gasteiger partial charge is 0.497 e. The van der Waals surface area contributed by atoms with Crippen molar-refractivity contribution in [3.05, 3.63) is 250 Å². The first-order valence-corrected chi connectivity index (χ1v) is 38.9. The molecule has 548 valence electrons. The van der Waals surface area contributed by atoms with Gasteiger partial charge in [-0.2, -0.15) is 8.61 Å². The summed E-state index contributed by atoms with van der Waals surface area (Å²) in [5.74, 6) is 4.41. The quantitative estimate of drug-likeness (QED) is 0.0542. The Bertz CT molecular complexity index is 4200. The van der Waals surface area contributed by atoms with Crippen LogP contribution in [0, 0.1) is 23.7 Å². The van der Waals surface area contributed by atoms with Crippen LogP contribution in [0.25, 0.3) is 0 Å². The van der Waals surface area contributed by atoms with Crippen LogP contribution in [0.1, 0.15) is 70.2 Å². The van der Waals surface area contributed by atoms with E-state index in [1.54, 1.807) is 77.0 Å². The minimum atomic E-state index is -4.04. The van der Waals surface area contributed by atoms with Crippen molar-refractivity contribution in [1.29, 1.82) is 0 Å². The van der Waals surface area contributed by atoms with Gasteiger partial charge >= 0.3 is 0 Å². The lowest BCUT2D eigenvalue weighted by atomic mass is 9.70. The maximum Gasteiger partial charge on any atom is 0.243 e. The minimum Gasteiger partial charge on any atom is -0.497 e. The van der Waals surface area contributed by atoms with Gasteiger partial charge in [0.05, 0.1) is 88.1 Å². The summed E-state index contributed by atoms with van der Waals surface area (Å²) in [6.07, 6.45) is 7.15. The summed E-state index contributed by atoms with van der Waals surface area (Å²) in [5, 5.41) is 22.8. The summed E-state index contributed by atoms with van der Waals surface area (Å²) in [7, 11) is -1.68. The molecule has 0 amide bonds. The van der Waals surface area contributed by atoms with Gasteiger partial charge in [-0.15, -0.1) is 13.2 Å². The number of anilines is 2. The second-order valence-corrected chi connectivity index (χ2v) is 32.5. The summed E-state index contributed by atoms with van der Waals surface area (Å²) >= 11 is 12.8. The highest BCUT2D eigenvalue weighted by Gasteiger charge is 2.48. The average Bonchev–Trinajstić information content (AvgIpc) is 1.52. The molecule has 104 heavy (non-hydrogen) atoms. The third-order valence-electron chi connectivity index (χ3n) is 21.5. The topological polar surface area (TPSA) is 196 Å². The van der Waals surface area contributed by atoms with Gasteiger partial charge in [-0.25, -0.2) is 16.8 Å². The molecule has 22 heteroatoms. The molecule has 8 aromatic rings. The lowest BCUT2D eigenvalue weighted by molar-refractivity contribution is -0.0795. The number of aliphatic hydroxyl groups is 2. The van der Waals surface area contributed by atoms with Gasteiger partial charge in [0.1, 0.15) is 58.9 Å². The number of fused-ring (bicyclic) bond motifs is 6. The monoisotopic (exact) mass is 1490 g/mol. The first kappa shape index (κ1) is 74.2. The van der Waals surface area contributed by atoms with E-state index in [1.165, 1.54) is 8.61 Å². The third-order valence-corrected chi connectivity index (χ3v) is 25.6. The predicted octanol–water partition coefficient (Wildman–Crippen LogP) is 14.0. The van der Waals surface area contributed by atoms with Crippen LogP contribution in [0.5, 0.6) is 34.5 Å². The molecule has 0 saturated heterocycles. The smallest absolute Gasteiger partial charge is 0.243 e. The second kappa shape index (κ2) is 31.9. The van der Waals surface area contributed by atoms with Crippen LogP contribution in [0.15, 0.2) is 205 Å². The number of benzene rings is 8. The molecule has 2 N–H and O–H groups in total. The minimum absolute atomic E-state index is 0.0656. The Morgan fingerprint density at radius 2 is 0.827 bits per heavy atom. The van der Waals surface area contributed by atoms with Crippen molar-refractivity contribution in [2.45, 2.75) is 97.9 Å². The van der Waals surface area contributed by atoms with Gasteiger partial charge in [-0.3, -0.25) is 0 Å². The molecule has 18 nitrogen and oxygen atoms in total. The van der Waals surface area contributed by atoms with Gasteiger partial charge < -0.3 is 57.9 Å². The van der Waals surface area contributed by atoms with Gasteiger partial charge in [-0.05, 0) is 216 Å². The predicted molar refractivity (Wildman–Crippen MR) is 404 cm³/mol. The molecule has 4 heterocycles. The molecule has 2 fully saturated rings. The van der Waals surface area contributed by atoms with E-state index in [-0.39, 0.29) is 72.9 Å². The zero-order valence-corrected chi connectivity index (χ0v) is 62.2. The van der Waals surface area contributed by atoms with Crippen molar-refractivity contribution in [3.8, 4) is 34.5 Å². The molecule has 0 aromatic heterocycles. The number of ether oxygens (including phenoxy) is 8. The zero-order valence-electron chi connectivity index (χ0n) is 59.1. The Labute approximate surface area is 620 Å². The van der Waals surface area contributed by atoms with E-state index >= 15 is 0 Å². The Kier molecular flexibility index (Phi) is 22.8. The van der Waals surface area contributed by atoms with Crippen molar-refractivity contribution in [2.24, 2.45) is 23.7 Å². The van der Waals surface area contributed by atoms with Crippen molar-refractivity contribution in [3.63, 3.8) is 0 Å². The lowest BCUT2D eigenvalue weighted by Crippen LogP contribution is -2.51. The maximum absolute atomic E-state index is 14.8. The van der Waals surface area contributed by atoms with Crippen LogP contribution in [0.3, 0.4) is 0 Å². The van der Waals surface area contributed by atoms with Crippen LogP contribution in [0.2, 0.25) is 10.0 Å². The molecule has 14 rings (SSSR count). The fourth-order valence-electron chi connectivity index (χ4n) is 15.4. The van der Waals surface area contributed by atoms with E-state index in [9.17, 15) is 27.0 Å². The molecule has 4 aliphatic heterocycles. The van der Waals surface area contributed by atoms with E-state index < -0.39 is 43.5 Å². The number of aliphatic hydroxyl groups excluding tert-OH is 2. The lowest BCUT2D eigenvalue weighted by Gasteiger charge is -2.45. The molecule has 8 atom stereocenters. The number of rotatable bonds is 24. The van der Waals surface area contributed by atoms with Crippen molar-refractivity contribution in [2.75, 3.05) is 90.8 Å². The van der Waals surface area contributed by atoms with Gasteiger partial charge in [0, 0.05) is 49.3 Å². The maximum atomic E-state index is 14.8. The molecule has 2 saturated carbocycles. The fourth-order valence-corrected chi connectivity index (χ4v) is 18.7. The van der Waals surface area contributed by atoms with Crippen LogP contribution in [0.4, 0.5) is 11.4 Å². The summed E-state index contributed by atoms with van der Waals surface area (Å²) in [6, 6.07) is 51.7. The van der Waals surface area contributed by atoms with E-state index in [2.05, 4.69) is 23.0 Å². The van der Waals surface area contributed by atoms with Crippen molar-refractivity contribution < 1.29 is 64.9 Å². The highest BCUT2D eigenvalue weighted by molar-refractivity contribution is 7.89. The molecular weight excluding hydrogens is 1400 g/mol. The highest BCUT2D eigenvalue weighted by Crippen LogP contribution is 2.49. The van der Waals surface area contributed by atoms with Crippen LogP contribution < -0.4 is 38.2 Å². The number of hydrogen-bond acceptors (Lipinski definition) is 16. The van der Waals surface area contributed by atoms with Crippen LogP contribution in [-0.2, 0) is 79.7 Å². The van der Waals surface area contributed by atoms with Crippen LogP contribution in [-0.4, -0.2) is 129 Å². The number of sulfonamides is 2. The number of halogens is 2. The number of methoxy groups -OCH3 is 4. The van der Waals surface area contributed by atoms with Crippen LogP contribution >= 0.6 is 23.2 Å². The SMILES string of the molecule is C=C[C@@H](O)[C@@H]1CC[C@H]1CN1C[C@]2(COc3ccc(S(=O)(=O)N(Cc4ccc(OC)cc4)Cc4ccc(OC)cc4)cc31)OCCc1cc(Cl)ccc12.C=C[C@H](O)[C@@H]1CC[C@H]1CN1C[C@]2(COc3ccc(S(=O)(=O)N(Cc4ccc(OC)cc4)Cc4ccc(OC)cc4)cc31)OCCc1cc(Cl)ccc12. The Morgan fingerprint density at radius 1 is 0.490 bits per heavy atom. The first-order valence-electron chi connectivity index (χ1n) is 35.3. The molecule has 6 aliphatic rings. The summed E-state index contributed by atoms with van der Waals surface area (Å²) < 4.78 is 110. The molecule has 2 aliphatic carbocycles. The van der Waals surface area contributed by atoms with Gasteiger partial charge in [0.25, 0.3) is 0 Å². The normalized spacial score (nSPS) is 21.7. The summed E-state index contributed by atoms with van der Waals surface area (Å²) in [5.41, 5.74) is 7.32. The zero-order chi connectivity index (χ0) is 72.9. The second-order valence-electron chi connectivity index (χ2n) is 27.8. The average molecular weight is 1490 g/mol. The van der Waals surface area contributed by atoms with E-state index in [4.69, 9.17) is 61.1 Å². The first-order chi connectivity index (χ1) is 50.2. The van der Waals surface area contributed by atoms with Crippen molar-refractivity contribution in [1.82, 2.24) is 8.61 Å². The van der Waals surface area contributed by atoms with Gasteiger partial charge in [0.2, 0.25) is 20.0 Å². The Balaban J connectivity index is 0.000000185. The molecule has 0 bridgehead atoms. The van der Waals surface area contributed by atoms with Gasteiger partial charge in [0.15, 0.2) is 0 Å². The third kappa shape index (κ3) is 15.9. The molecule has 0 unspecified atom stereocenters. The number of hydrogen-bond donors (Lipinski definition) is 2. The number of nitrogens with zero attached hydrogens (tertiary/aromatic N) is 4. The molecular formula is C82H90Cl2N4O14S2. The van der Waals surface area contributed by atoms with E-state index in [0.29, 0.717) is 95.3 Å². The van der Waals surface area contributed by atoms with E-state index in [0.717, 1.165) is 83.0 Å². The molecule has 0 radical (unpaired) electrons. The van der Waals surface area contributed by atoms with E-state index in [1.807, 2.05) is 133 Å². The van der Waals surface area contributed by atoms with Gasteiger partial charge in [-0.1, -0.05) is 96.0 Å². The molecule has 8 aromatic carbocycles.